The van der Waals surface area contributed by atoms with Crippen LogP contribution in [0.2, 0.25) is 15.1 Å². The quantitative estimate of drug-likeness (QED) is 0.201. The van der Waals surface area contributed by atoms with Crippen molar-refractivity contribution in [2.24, 2.45) is 0 Å². The summed E-state index contributed by atoms with van der Waals surface area (Å²) in [5.74, 6) is 0.0186. The highest BCUT2D eigenvalue weighted by Gasteiger charge is 2.33. The van der Waals surface area contributed by atoms with Gasteiger partial charge in [-0.3, -0.25) is 9.69 Å². The Kier molecular flexibility index (Phi) is 8.30. The van der Waals surface area contributed by atoms with Crippen molar-refractivity contribution in [1.29, 1.82) is 0 Å². The van der Waals surface area contributed by atoms with E-state index in [0.29, 0.717) is 46.5 Å². The van der Waals surface area contributed by atoms with Gasteiger partial charge in [0.05, 0.1) is 27.2 Å². The van der Waals surface area contributed by atoms with Gasteiger partial charge in [-0.1, -0.05) is 64.8 Å². The van der Waals surface area contributed by atoms with E-state index in [1.54, 1.807) is 36.4 Å². The van der Waals surface area contributed by atoms with Crippen molar-refractivity contribution in [2.75, 3.05) is 12.0 Å². The van der Waals surface area contributed by atoms with E-state index in [1.165, 1.54) is 30.2 Å². The predicted octanol–water partition coefficient (Wildman–Crippen LogP) is 8.54. The monoisotopic (exact) mass is 631 g/mol. The topological polar surface area (TPSA) is 38.8 Å². The van der Waals surface area contributed by atoms with Crippen LogP contribution in [0.1, 0.15) is 11.1 Å². The molecule has 1 saturated heterocycles. The van der Waals surface area contributed by atoms with E-state index in [2.05, 4.69) is 15.9 Å². The molecule has 0 bridgehead atoms. The average molecular weight is 634 g/mol. The summed E-state index contributed by atoms with van der Waals surface area (Å²) in [7, 11) is 1.52. The minimum atomic E-state index is -0.575. The molecule has 11 heteroatoms. The lowest BCUT2D eigenvalue weighted by atomic mass is 10.1. The first kappa shape index (κ1) is 26.3. The molecule has 3 aromatic carbocycles. The summed E-state index contributed by atoms with van der Waals surface area (Å²) in [6, 6.07) is 12.7. The summed E-state index contributed by atoms with van der Waals surface area (Å²) in [4.78, 5) is 14.8. The van der Waals surface area contributed by atoms with Gasteiger partial charge in [-0.15, -0.1) is 0 Å². The molecule has 1 aliphatic rings. The van der Waals surface area contributed by atoms with Crippen LogP contribution in [0, 0.1) is 5.82 Å². The third-order valence-electron chi connectivity index (χ3n) is 4.89. The van der Waals surface area contributed by atoms with Crippen molar-refractivity contribution in [3.63, 3.8) is 0 Å². The van der Waals surface area contributed by atoms with Crippen molar-refractivity contribution in [2.45, 2.75) is 6.61 Å². The van der Waals surface area contributed by atoms with Crippen LogP contribution in [0.25, 0.3) is 6.08 Å². The number of benzene rings is 3. The summed E-state index contributed by atoms with van der Waals surface area (Å²) < 4.78 is 26.0. The molecule has 3 aromatic rings. The number of halogens is 5. The van der Waals surface area contributed by atoms with Crippen LogP contribution in [0.3, 0.4) is 0 Å². The number of anilines is 1. The molecule has 0 atom stereocenters. The number of thioether (sulfide) groups is 1. The lowest BCUT2D eigenvalue weighted by molar-refractivity contribution is -0.113. The van der Waals surface area contributed by atoms with E-state index in [0.717, 1.165) is 17.3 Å². The van der Waals surface area contributed by atoms with Gasteiger partial charge in [0.25, 0.3) is 5.91 Å². The van der Waals surface area contributed by atoms with Gasteiger partial charge in [-0.05, 0) is 70.0 Å². The Morgan fingerprint density at radius 3 is 2.57 bits per heavy atom. The molecular formula is C24H14BrCl3FNO3S2. The Hall–Kier alpha value is -1.81. The van der Waals surface area contributed by atoms with Crippen molar-refractivity contribution in [3.8, 4) is 11.5 Å². The van der Waals surface area contributed by atoms with Gasteiger partial charge in [0.2, 0.25) is 0 Å². The molecule has 1 heterocycles. The Bertz CT molecular complexity index is 1390. The molecule has 4 nitrogen and oxygen atoms in total. The Balaban J connectivity index is 1.59. The van der Waals surface area contributed by atoms with Crippen LogP contribution < -0.4 is 14.4 Å². The molecule has 0 unspecified atom stereocenters. The largest absolute Gasteiger partial charge is 0.493 e. The zero-order chi connectivity index (χ0) is 25.3. The molecule has 0 N–H and O–H groups in total. The number of hydrogen-bond donors (Lipinski definition) is 0. The van der Waals surface area contributed by atoms with E-state index < -0.39 is 5.82 Å². The molecule has 35 heavy (non-hydrogen) atoms. The van der Waals surface area contributed by atoms with E-state index in [9.17, 15) is 9.18 Å². The van der Waals surface area contributed by atoms with E-state index in [4.69, 9.17) is 56.5 Å². The minimum absolute atomic E-state index is 0.0929. The summed E-state index contributed by atoms with van der Waals surface area (Å²) in [5, 5.41) is 0.938. The number of thiocarbonyl (C=S) groups is 1. The molecule has 0 aromatic heterocycles. The standard InChI is InChI=1S/C24H14BrCl3FNO3S2/c1-32-20-7-12(6-16(25)22(20)33-11-13-2-3-14(26)9-17(13)27)8-21-23(31)30(24(34)35-21)15-4-5-19(29)18(28)10-15/h2-10H,11H2,1H3. The highest BCUT2D eigenvalue weighted by Crippen LogP contribution is 2.41. The number of hydrogen-bond acceptors (Lipinski definition) is 5. The number of ether oxygens (including phenoxy) is 2. The van der Waals surface area contributed by atoms with Crippen LogP contribution in [-0.2, 0) is 11.4 Å². The van der Waals surface area contributed by atoms with Gasteiger partial charge < -0.3 is 9.47 Å². The summed E-state index contributed by atoms with van der Waals surface area (Å²) >= 11 is 28.1. The van der Waals surface area contributed by atoms with Crippen LogP contribution in [0.15, 0.2) is 57.9 Å². The first-order valence-electron chi connectivity index (χ1n) is 9.85. The predicted molar refractivity (Wildman–Crippen MR) is 149 cm³/mol. The molecule has 180 valence electrons. The number of carbonyl (C=O) groups excluding carboxylic acids is 1. The average Bonchev–Trinajstić information content (AvgIpc) is 3.08. The minimum Gasteiger partial charge on any atom is -0.493 e. The maximum Gasteiger partial charge on any atom is 0.270 e. The Labute approximate surface area is 234 Å². The molecular weight excluding hydrogens is 620 g/mol. The molecule has 0 aliphatic carbocycles. The van der Waals surface area contributed by atoms with Gasteiger partial charge in [-0.2, -0.15) is 0 Å². The van der Waals surface area contributed by atoms with Gasteiger partial charge >= 0.3 is 0 Å². The molecule has 1 amide bonds. The second-order valence-electron chi connectivity index (χ2n) is 7.17. The highest BCUT2D eigenvalue weighted by molar-refractivity contribution is 9.10. The maximum absolute atomic E-state index is 13.5. The van der Waals surface area contributed by atoms with Crippen molar-refractivity contribution in [3.05, 3.63) is 89.9 Å². The van der Waals surface area contributed by atoms with Crippen molar-refractivity contribution < 1.29 is 18.7 Å². The van der Waals surface area contributed by atoms with Gasteiger partial charge in [0.1, 0.15) is 12.4 Å². The third kappa shape index (κ3) is 5.79. The first-order chi connectivity index (χ1) is 16.7. The maximum atomic E-state index is 13.5. The number of methoxy groups -OCH3 is 1. The molecule has 0 spiro atoms. The fraction of sp³-hybridized carbons (Fsp3) is 0.0833. The molecule has 0 radical (unpaired) electrons. The lowest BCUT2D eigenvalue weighted by Crippen LogP contribution is -2.27. The zero-order valence-electron chi connectivity index (χ0n) is 17.8. The summed E-state index contributed by atoms with van der Waals surface area (Å²) in [5.41, 5.74) is 1.84. The van der Waals surface area contributed by atoms with Crippen molar-refractivity contribution >= 4 is 96.7 Å². The normalized spacial score (nSPS) is 14.7. The number of rotatable bonds is 6. The fourth-order valence-electron chi connectivity index (χ4n) is 3.22. The van der Waals surface area contributed by atoms with Crippen LogP contribution in [0.4, 0.5) is 10.1 Å². The first-order valence-corrected chi connectivity index (χ1v) is 13.0. The molecule has 1 fully saturated rings. The second-order valence-corrected chi connectivity index (χ2v) is 11.0. The van der Waals surface area contributed by atoms with Crippen molar-refractivity contribution in [1.82, 2.24) is 0 Å². The molecule has 4 rings (SSSR count). The third-order valence-corrected chi connectivity index (χ3v) is 7.66. The highest BCUT2D eigenvalue weighted by atomic mass is 79.9. The van der Waals surface area contributed by atoms with Crippen LogP contribution in [0.5, 0.6) is 11.5 Å². The molecule has 1 aliphatic heterocycles. The Morgan fingerprint density at radius 2 is 1.89 bits per heavy atom. The number of amides is 1. The SMILES string of the molecule is COc1cc(C=C2SC(=S)N(c3ccc(F)c(Cl)c3)C2=O)cc(Br)c1OCc1ccc(Cl)cc1Cl. The van der Waals surface area contributed by atoms with Gasteiger partial charge in [0.15, 0.2) is 15.8 Å². The van der Waals surface area contributed by atoms with E-state index >= 15 is 0 Å². The smallest absolute Gasteiger partial charge is 0.270 e. The zero-order valence-corrected chi connectivity index (χ0v) is 23.3. The lowest BCUT2D eigenvalue weighted by Gasteiger charge is -2.15. The number of nitrogens with zero attached hydrogens (tertiary/aromatic N) is 1. The van der Waals surface area contributed by atoms with Gasteiger partial charge in [0, 0.05) is 15.6 Å². The molecule has 0 saturated carbocycles. The Morgan fingerprint density at radius 1 is 1.11 bits per heavy atom. The van der Waals surface area contributed by atoms with Gasteiger partial charge in [-0.25, -0.2) is 4.39 Å². The fourth-order valence-corrected chi connectivity index (χ4v) is 5.73. The number of carbonyl (C=O) groups is 1. The van der Waals surface area contributed by atoms with E-state index in [1.807, 2.05) is 0 Å². The van der Waals surface area contributed by atoms with Crippen LogP contribution in [-0.4, -0.2) is 17.3 Å². The summed E-state index contributed by atoms with van der Waals surface area (Å²) in [6.07, 6.45) is 1.69. The van der Waals surface area contributed by atoms with E-state index in [-0.39, 0.29) is 17.5 Å². The second kappa shape index (κ2) is 11.1. The summed E-state index contributed by atoms with van der Waals surface area (Å²) in [6.45, 7) is 0.198. The van der Waals surface area contributed by atoms with Crippen LogP contribution >= 0.6 is 74.7 Å².